The summed E-state index contributed by atoms with van der Waals surface area (Å²) >= 11 is 0. The molecule has 4 heteroatoms. The highest BCUT2D eigenvalue weighted by molar-refractivity contribution is 5.33. The van der Waals surface area contributed by atoms with Gasteiger partial charge in [-0.25, -0.2) is 0 Å². The quantitative estimate of drug-likeness (QED) is 0.680. The molecule has 3 atom stereocenters. The van der Waals surface area contributed by atoms with Gasteiger partial charge in [0.25, 0.3) is 5.69 Å². The van der Waals surface area contributed by atoms with Gasteiger partial charge in [-0.2, -0.15) is 0 Å². The highest BCUT2D eigenvalue weighted by Crippen LogP contribution is 2.67. The van der Waals surface area contributed by atoms with Crippen LogP contribution in [-0.4, -0.2) is 16.1 Å². The number of nitro benzene ring substituents is 1. The second-order valence-electron chi connectivity index (χ2n) is 7.16. The second kappa shape index (κ2) is 4.29. The molecule has 108 valence electrons. The van der Waals surface area contributed by atoms with E-state index in [-0.39, 0.29) is 27.5 Å². The Morgan fingerprint density at radius 2 is 2.00 bits per heavy atom. The van der Waals surface area contributed by atoms with Gasteiger partial charge in [0, 0.05) is 17.5 Å². The first-order valence-corrected chi connectivity index (χ1v) is 7.27. The Labute approximate surface area is 119 Å². The third-order valence-corrected chi connectivity index (χ3v) is 5.47. The molecule has 2 aliphatic rings. The van der Waals surface area contributed by atoms with E-state index in [1.165, 1.54) is 0 Å². The summed E-state index contributed by atoms with van der Waals surface area (Å²) in [5, 5.41) is 21.1. The number of benzene rings is 1. The van der Waals surface area contributed by atoms with Crippen molar-refractivity contribution in [1.29, 1.82) is 0 Å². The third-order valence-electron chi connectivity index (χ3n) is 5.47. The summed E-state index contributed by atoms with van der Waals surface area (Å²) in [6, 6.07) is 6.84. The molecule has 1 aromatic rings. The number of nitrogens with zero attached hydrogens (tertiary/aromatic N) is 1. The van der Waals surface area contributed by atoms with Crippen LogP contribution in [0.1, 0.15) is 38.7 Å². The summed E-state index contributed by atoms with van der Waals surface area (Å²) in [5.41, 5.74) is 1.44. The zero-order valence-corrected chi connectivity index (χ0v) is 12.0. The third kappa shape index (κ3) is 1.85. The first-order valence-electron chi connectivity index (χ1n) is 7.27. The van der Waals surface area contributed by atoms with Crippen molar-refractivity contribution in [3.05, 3.63) is 39.9 Å². The lowest BCUT2D eigenvalue weighted by atomic mass is 9.39. The summed E-state index contributed by atoms with van der Waals surface area (Å²) in [6.45, 7) is 4.26. The average Bonchev–Trinajstić information content (AvgIpc) is 2.41. The summed E-state index contributed by atoms with van der Waals surface area (Å²) in [4.78, 5) is 10.3. The molecule has 0 amide bonds. The van der Waals surface area contributed by atoms with Crippen molar-refractivity contribution in [2.75, 3.05) is 0 Å². The smallest absolute Gasteiger partial charge is 0.269 e. The van der Waals surface area contributed by atoms with E-state index >= 15 is 0 Å². The van der Waals surface area contributed by atoms with Crippen LogP contribution in [0.2, 0.25) is 0 Å². The minimum Gasteiger partial charge on any atom is -0.392 e. The standard InChI is InChI=1S/C16H21NO3/c1-15(2)10-16(14(15)18)8-7-12(16)9-11-3-5-13(6-4-11)17(19)20/h3-6,12,14,18H,7-10H2,1-2H3. The molecule has 3 unspecified atom stereocenters. The number of aliphatic hydroxyl groups excluding tert-OH is 1. The molecule has 4 nitrogen and oxygen atoms in total. The van der Waals surface area contributed by atoms with Gasteiger partial charge in [-0.15, -0.1) is 0 Å². The lowest BCUT2D eigenvalue weighted by Crippen LogP contribution is -2.65. The molecule has 1 spiro atoms. The number of hydrogen-bond acceptors (Lipinski definition) is 3. The zero-order chi connectivity index (χ0) is 14.5. The first kappa shape index (κ1) is 13.6. The van der Waals surface area contributed by atoms with E-state index in [1.807, 2.05) is 12.1 Å². The molecular formula is C16H21NO3. The SMILES string of the molecule is CC1(C)CC2(CCC2Cc2ccc([N+](=O)[O-])cc2)C1O. The van der Waals surface area contributed by atoms with Crippen LogP contribution >= 0.6 is 0 Å². The highest BCUT2D eigenvalue weighted by atomic mass is 16.6. The van der Waals surface area contributed by atoms with Gasteiger partial charge in [0.05, 0.1) is 11.0 Å². The maximum absolute atomic E-state index is 10.6. The van der Waals surface area contributed by atoms with Crippen molar-refractivity contribution in [3.63, 3.8) is 0 Å². The molecule has 0 heterocycles. The Balaban J connectivity index is 1.69. The minimum absolute atomic E-state index is 0.0497. The van der Waals surface area contributed by atoms with Crippen LogP contribution in [0.25, 0.3) is 0 Å². The molecule has 3 rings (SSSR count). The van der Waals surface area contributed by atoms with Gasteiger partial charge in [0.2, 0.25) is 0 Å². The molecule has 1 aromatic carbocycles. The summed E-state index contributed by atoms with van der Waals surface area (Å²) in [7, 11) is 0. The summed E-state index contributed by atoms with van der Waals surface area (Å²) < 4.78 is 0. The van der Waals surface area contributed by atoms with Gasteiger partial charge in [0.1, 0.15) is 0 Å². The van der Waals surface area contributed by atoms with E-state index < -0.39 is 0 Å². The van der Waals surface area contributed by atoms with Crippen molar-refractivity contribution in [3.8, 4) is 0 Å². The Morgan fingerprint density at radius 1 is 1.35 bits per heavy atom. The monoisotopic (exact) mass is 275 g/mol. The fraction of sp³-hybridized carbons (Fsp3) is 0.625. The number of hydrogen-bond donors (Lipinski definition) is 1. The molecule has 1 N–H and O–H groups in total. The molecule has 0 radical (unpaired) electrons. The van der Waals surface area contributed by atoms with Crippen LogP contribution < -0.4 is 0 Å². The van der Waals surface area contributed by atoms with Crippen LogP contribution in [0.4, 0.5) is 5.69 Å². The Bertz CT molecular complexity index is 537. The lowest BCUT2D eigenvalue weighted by molar-refractivity contribution is -0.384. The molecule has 2 saturated carbocycles. The lowest BCUT2D eigenvalue weighted by Gasteiger charge is -2.67. The maximum Gasteiger partial charge on any atom is 0.269 e. The Hall–Kier alpha value is -1.42. The predicted molar refractivity (Wildman–Crippen MR) is 76.4 cm³/mol. The zero-order valence-electron chi connectivity index (χ0n) is 12.0. The van der Waals surface area contributed by atoms with Crippen LogP contribution in [0.5, 0.6) is 0 Å². The van der Waals surface area contributed by atoms with E-state index in [9.17, 15) is 15.2 Å². The van der Waals surface area contributed by atoms with E-state index in [2.05, 4.69) is 13.8 Å². The molecule has 0 saturated heterocycles. The average molecular weight is 275 g/mol. The number of nitro groups is 1. The van der Waals surface area contributed by atoms with Crippen LogP contribution in [-0.2, 0) is 6.42 Å². The number of aliphatic hydroxyl groups is 1. The van der Waals surface area contributed by atoms with E-state index in [4.69, 9.17) is 0 Å². The van der Waals surface area contributed by atoms with E-state index in [0.29, 0.717) is 5.92 Å². The van der Waals surface area contributed by atoms with Crippen LogP contribution in [0, 0.1) is 26.9 Å². The fourth-order valence-electron chi connectivity index (χ4n) is 4.34. The van der Waals surface area contributed by atoms with Crippen molar-refractivity contribution in [1.82, 2.24) is 0 Å². The molecule has 2 fully saturated rings. The van der Waals surface area contributed by atoms with Gasteiger partial charge in [-0.3, -0.25) is 10.1 Å². The number of rotatable bonds is 3. The topological polar surface area (TPSA) is 63.4 Å². The van der Waals surface area contributed by atoms with Crippen LogP contribution in [0.15, 0.2) is 24.3 Å². The normalized spacial score (nSPS) is 34.4. The van der Waals surface area contributed by atoms with Gasteiger partial charge < -0.3 is 5.11 Å². The maximum atomic E-state index is 10.6. The van der Waals surface area contributed by atoms with Crippen LogP contribution in [0.3, 0.4) is 0 Å². The molecule has 0 bridgehead atoms. The minimum atomic E-state index is -0.368. The van der Waals surface area contributed by atoms with E-state index in [1.54, 1.807) is 12.1 Å². The van der Waals surface area contributed by atoms with Crippen molar-refractivity contribution in [2.45, 2.75) is 45.6 Å². The second-order valence-corrected chi connectivity index (χ2v) is 7.16. The molecular weight excluding hydrogens is 254 g/mol. The van der Waals surface area contributed by atoms with Gasteiger partial charge in [-0.1, -0.05) is 26.0 Å². The molecule has 0 aromatic heterocycles. The van der Waals surface area contributed by atoms with Crippen molar-refractivity contribution in [2.24, 2.45) is 16.7 Å². The Kier molecular flexibility index (Phi) is 2.91. The van der Waals surface area contributed by atoms with Crippen molar-refractivity contribution < 1.29 is 10.0 Å². The fourth-order valence-corrected chi connectivity index (χ4v) is 4.34. The van der Waals surface area contributed by atoms with Crippen molar-refractivity contribution >= 4 is 5.69 Å². The van der Waals surface area contributed by atoms with Gasteiger partial charge in [0.15, 0.2) is 0 Å². The first-order chi connectivity index (χ1) is 9.35. The molecule has 0 aliphatic heterocycles. The van der Waals surface area contributed by atoms with Gasteiger partial charge in [-0.05, 0) is 42.6 Å². The highest BCUT2D eigenvalue weighted by Gasteiger charge is 2.64. The molecule has 20 heavy (non-hydrogen) atoms. The number of non-ortho nitro benzene ring substituents is 1. The predicted octanol–water partition coefficient (Wildman–Crippen LogP) is 3.32. The molecule has 2 aliphatic carbocycles. The Morgan fingerprint density at radius 3 is 2.40 bits per heavy atom. The largest absolute Gasteiger partial charge is 0.392 e. The van der Waals surface area contributed by atoms with E-state index in [0.717, 1.165) is 31.2 Å². The summed E-state index contributed by atoms with van der Waals surface area (Å²) in [5.74, 6) is 0.520. The van der Waals surface area contributed by atoms with Gasteiger partial charge >= 0.3 is 0 Å². The summed E-state index contributed by atoms with van der Waals surface area (Å²) in [6.07, 6.45) is 4.09.